The second-order valence-corrected chi connectivity index (χ2v) is 8.16. The second kappa shape index (κ2) is 9.07. The molecule has 0 bridgehead atoms. The van der Waals surface area contributed by atoms with Gasteiger partial charge in [0.1, 0.15) is 5.82 Å². The highest BCUT2D eigenvalue weighted by Crippen LogP contribution is 2.16. The van der Waals surface area contributed by atoms with Crippen LogP contribution in [0.2, 0.25) is 0 Å². The number of nitrogens with one attached hydrogen (secondary N) is 1. The average Bonchev–Trinajstić information content (AvgIpc) is 2.61. The lowest BCUT2D eigenvalue weighted by molar-refractivity contribution is -0.146. The zero-order valence-corrected chi connectivity index (χ0v) is 16.7. The highest BCUT2D eigenvalue weighted by Gasteiger charge is 2.21. The number of ether oxygens (including phenoxy) is 1. The maximum atomic E-state index is 12.9. The van der Waals surface area contributed by atoms with E-state index < -0.39 is 33.7 Å². The number of carbonyl (C=O) groups is 2. The van der Waals surface area contributed by atoms with E-state index in [-0.39, 0.29) is 23.4 Å². The maximum Gasteiger partial charge on any atom is 0.307 e. The molecule has 2 rings (SSSR count). The number of hydrogen-bond donors (Lipinski definition) is 1. The number of carbonyl (C=O) groups excluding carboxylic acids is 2. The zero-order chi connectivity index (χ0) is 20.9. The highest BCUT2D eigenvalue weighted by atomic mass is 32.2. The van der Waals surface area contributed by atoms with Gasteiger partial charge in [-0.1, -0.05) is 17.7 Å². The molecule has 2 aromatic carbocycles. The second-order valence-electron chi connectivity index (χ2n) is 6.42. The minimum Gasteiger partial charge on any atom is -0.454 e. The number of ketones is 1. The number of rotatable bonds is 8. The van der Waals surface area contributed by atoms with Crippen molar-refractivity contribution >= 4 is 21.8 Å². The molecule has 0 aliphatic carbocycles. The monoisotopic (exact) mass is 407 g/mol. The van der Waals surface area contributed by atoms with E-state index in [2.05, 4.69) is 4.72 Å². The van der Waals surface area contributed by atoms with Gasteiger partial charge in [-0.05, 0) is 56.7 Å². The van der Waals surface area contributed by atoms with Crippen LogP contribution in [-0.2, 0) is 19.6 Å². The van der Waals surface area contributed by atoms with E-state index in [1.165, 1.54) is 25.1 Å². The number of esters is 1. The molecular weight excluding hydrogens is 385 g/mol. The fourth-order valence-corrected chi connectivity index (χ4v) is 3.88. The van der Waals surface area contributed by atoms with Gasteiger partial charge < -0.3 is 4.74 Å². The van der Waals surface area contributed by atoms with Crippen LogP contribution in [0.4, 0.5) is 4.39 Å². The summed E-state index contributed by atoms with van der Waals surface area (Å²) >= 11 is 0. The van der Waals surface area contributed by atoms with Crippen molar-refractivity contribution < 1.29 is 27.1 Å². The molecule has 0 fully saturated rings. The predicted molar refractivity (Wildman–Crippen MR) is 102 cm³/mol. The summed E-state index contributed by atoms with van der Waals surface area (Å²) in [6.45, 7) is 4.80. The summed E-state index contributed by atoms with van der Waals surface area (Å²) in [5.41, 5.74) is 1.77. The summed E-state index contributed by atoms with van der Waals surface area (Å²) in [6, 6.07) is 9.85. The van der Waals surface area contributed by atoms with E-state index in [9.17, 15) is 22.4 Å². The van der Waals surface area contributed by atoms with Crippen LogP contribution in [-0.4, -0.2) is 32.8 Å². The number of benzene rings is 2. The number of aryl methyl sites for hydroxylation is 2. The number of Topliss-reactive ketones (excluding diaryl/α,β-unsaturated/α-hetero) is 1. The van der Waals surface area contributed by atoms with Crippen LogP contribution in [0.3, 0.4) is 0 Å². The van der Waals surface area contributed by atoms with Crippen molar-refractivity contribution in [3.63, 3.8) is 0 Å². The summed E-state index contributed by atoms with van der Waals surface area (Å²) in [6.07, 6.45) is -1.29. The molecule has 150 valence electrons. The van der Waals surface area contributed by atoms with Crippen LogP contribution in [0.25, 0.3) is 0 Å². The van der Waals surface area contributed by atoms with Crippen molar-refractivity contribution in [2.75, 3.05) is 6.54 Å². The van der Waals surface area contributed by atoms with E-state index in [4.69, 9.17) is 4.74 Å². The minimum atomic E-state index is -3.76. The lowest BCUT2D eigenvalue weighted by Crippen LogP contribution is -2.29. The Labute approximate surface area is 163 Å². The van der Waals surface area contributed by atoms with Gasteiger partial charge in [0.2, 0.25) is 15.8 Å². The van der Waals surface area contributed by atoms with Gasteiger partial charge in [-0.25, -0.2) is 17.5 Å². The molecule has 0 radical (unpaired) electrons. The molecule has 0 spiro atoms. The fourth-order valence-electron chi connectivity index (χ4n) is 2.62. The van der Waals surface area contributed by atoms with E-state index in [0.29, 0.717) is 5.56 Å². The van der Waals surface area contributed by atoms with Crippen molar-refractivity contribution in [2.24, 2.45) is 0 Å². The summed E-state index contributed by atoms with van der Waals surface area (Å²) < 4.78 is 45.0. The molecule has 0 saturated carbocycles. The molecule has 6 nitrogen and oxygen atoms in total. The average molecular weight is 407 g/mol. The number of hydrogen-bond acceptors (Lipinski definition) is 5. The first-order chi connectivity index (χ1) is 13.1. The van der Waals surface area contributed by atoms with E-state index in [1.54, 1.807) is 19.1 Å². The lowest BCUT2D eigenvalue weighted by atomic mass is 10.1. The van der Waals surface area contributed by atoms with Crippen LogP contribution in [0, 0.1) is 19.7 Å². The quantitative estimate of drug-likeness (QED) is 0.537. The number of sulfonamides is 1. The molecule has 1 atom stereocenters. The molecule has 0 heterocycles. The molecule has 0 aromatic heterocycles. The third-order valence-electron chi connectivity index (χ3n) is 4.05. The van der Waals surface area contributed by atoms with Gasteiger partial charge in [-0.15, -0.1) is 0 Å². The Kier molecular flexibility index (Phi) is 7.04. The SMILES string of the molecule is Cc1ccc(S(=O)(=O)NCCC(=O)O[C@H](C)C(=O)c2ccc(F)cc2)c(C)c1. The van der Waals surface area contributed by atoms with Crippen molar-refractivity contribution in [2.45, 2.75) is 38.2 Å². The molecule has 0 aliphatic rings. The van der Waals surface area contributed by atoms with Gasteiger partial charge in [-0.2, -0.15) is 0 Å². The van der Waals surface area contributed by atoms with Crippen LogP contribution in [0.5, 0.6) is 0 Å². The zero-order valence-electron chi connectivity index (χ0n) is 15.9. The Balaban J connectivity index is 1.88. The minimum absolute atomic E-state index is 0.145. The van der Waals surface area contributed by atoms with E-state index in [0.717, 1.165) is 17.7 Å². The Bertz CT molecular complexity index is 971. The van der Waals surface area contributed by atoms with Gasteiger partial charge in [0.05, 0.1) is 11.3 Å². The first kappa shape index (κ1) is 21.7. The van der Waals surface area contributed by atoms with Gasteiger partial charge in [-0.3, -0.25) is 9.59 Å². The first-order valence-corrected chi connectivity index (χ1v) is 10.1. The summed E-state index contributed by atoms with van der Waals surface area (Å²) in [5, 5.41) is 0. The van der Waals surface area contributed by atoms with Crippen LogP contribution < -0.4 is 4.72 Å². The standard InChI is InChI=1S/C20H22FNO5S/c1-13-4-9-18(14(2)12-13)28(25,26)22-11-10-19(23)27-15(3)20(24)16-5-7-17(21)8-6-16/h4-9,12,15,22H,10-11H2,1-3H3/t15-/m1/s1. The Morgan fingerprint density at radius 2 is 1.75 bits per heavy atom. The molecule has 0 unspecified atom stereocenters. The normalized spacial score (nSPS) is 12.4. The summed E-state index contributed by atoms with van der Waals surface area (Å²) in [4.78, 5) is 24.2. The lowest BCUT2D eigenvalue weighted by Gasteiger charge is -2.13. The summed E-state index contributed by atoms with van der Waals surface area (Å²) in [7, 11) is -3.76. The fraction of sp³-hybridized carbons (Fsp3) is 0.300. The molecule has 1 N–H and O–H groups in total. The van der Waals surface area contributed by atoms with E-state index >= 15 is 0 Å². The predicted octanol–water partition coefficient (Wildman–Crippen LogP) is 2.93. The van der Waals surface area contributed by atoms with Crippen molar-refractivity contribution in [1.82, 2.24) is 4.72 Å². The Morgan fingerprint density at radius 3 is 2.36 bits per heavy atom. The Hall–Kier alpha value is -2.58. The molecule has 0 aliphatic heterocycles. The van der Waals surface area contributed by atoms with Crippen LogP contribution in [0.1, 0.15) is 34.8 Å². The Morgan fingerprint density at radius 1 is 1.11 bits per heavy atom. The molecule has 8 heteroatoms. The van der Waals surface area contributed by atoms with Gasteiger partial charge in [0.15, 0.2) is 6.10 Å². The third kappa shape index (κ3) is 5.71. The maximum absolute atomic E-state index is 12.9. The van der Waals surface area contributed by atoms with Crippen LogP contribution >= 0.6 is 0 Å². The van der Waals surface area contributed by atoms with E-state index in [1.807, 2.05) is 6.92 Å². The number of halogens is 1. The third-order valence-corrected chi connectivity index (χ3v) is 5.67. The van der Waals surface area contributed by atoms with Crippen molar-refractivity contribution in [1.29, 1.82) is 0 Å². The highest BCUT2D eigenvalue weighted by molar-refractivity contribution is 7.89. The van der Waals surface area contributed by atoms with Gasteiger partial charge in [0, 0.05) is 12.1 Å². The smallest absolute Gasteiger partial charge is 0.307 e. The van der Waals surface area contributed by atoms with Gasteiger partial charge in [0.25, 0.3) is 0 Å². The first-order valence-electron chi connectivity index (χ1n) is 8.66. The molecule has 0 saturated heterocycles. The van der Waals surface area contributed by atoms with Crippen molar-refractivity contribution in [3.8, 4) is 0 Å². The van der Waals surface area contributed by atoms with Gasteiger partial charge >= 0.3 is 5.97 Å². The molecule has 2 aromatic rings. The molecular formula is C20H22FNO5S. The van der Waals surface area contributed by atoms with Crippen molar-refractivity contribution in [3.05, 3.63) is 65.0 Å². The van der Waals surface area contributed by atoms with Crippen LogP contribution in [0.15, 0.2) is 47.4 Å². The summed E-state index contributed by atoms with van der Waals surface area (Å²) in [5.74, 6) is -1.66. The topological polar surface area (TPSA) is 89.5 Å². The molecule has 0 amide bonds. The largest absolute Gasteiger partial charge is 0.454 e. The molecule has 28 heavy (non-hydrogen) atoms.